The number of likely N-dealkylation sites (tertiary alicyclic amines) is 1. The van der Waals surface area contributed by atoms with Crippen LogP contribution in [0.15, 0.2) is 34.9 Å². The maximum atomic E-state index is 11.6. The van der Waals surface area contributed by atoms with Crippen molar-refractivity contribution in [3.8, 4) is 11.3 Å². The Morgan fingerprint density at radius 3 is 2.79 bits per heavy atom. The number of aromatic nitrogens is 1. The Labute approximate surface area is 139 Å². The molecule has 1 aliphatic rings. The summed E-state index contributed by atoms with van der Waals surface area (Å²) in [5.41, 5.74) is 0.691. The third-order valence-corrected chi connectivity index (χ3v) is 4.01. The molecule has 2 N–H and O–H groups in total. The molecule has 1 aliphatic heterocycles. The molecule has 2 aromatic rings. The molecule has 24 heavy (non-hydrogen) atoms. The van der Waals surface area contributed by atoms with E-state index in [1.54, 1.807) is 12.1 Å². The smallest absolute Gasteiger partial charge is 0.343 e. The summed E-state index contributed by atoms with van der Waals surface area (Å²) in [6, 6.07) is 9.01. The summed E-state index contributed by atoms with van der Waals surface area (Å²) in [4.78, 5) is 24.9. The van der Waals surface area contributed by atoms with Gasteiger partial charge in [-0.15, -0.1) is 0 Å². The Balaban J connectivity index is 1.64. The lowest BCUT2D eigenvalue weighted by Crippen LogP contribution is -2.27. The molecule has 3 rings (SSSR count). The number of benzene rings is 1. The van der Waals surface area contributed by atoms with Crippen molar-refractivity contribution >= 4 is 17.7 Å². The zero-order chi connectivity index (χ0) is 16.9. The maximum Gasteiger partial charge on any atom is 0.343 e. The van der Waals surface area contributed by atoms with Crippen molar-refractivity contribution < 1.29 is 19.2 Å². The summed E-state index contributed by atoms with van der Waals surface area (Å²) in [6.45, 7) is 1.99. The van der Waals surface area contributed by atoms with Crippen LogP contribution in [0.4, 0.5) is 5.82 Å². The summed E-state index contributed by atoms with van der Waals surface area (Å²) < 4.78 is 5.23. The van der Waals surface area contributed by atoms with Crippen LogP contribution in [0, 0.1) is 0 Å². The number of carbonyl (C=O) groups excluding carboxylic acids is 1. The second-order valence-corrected chi connectivity index (χ2v) is 5.67. The molecule has 0 aliphatic carbocycles. The van der Waals surface area contributed by atoms with E-state index in [1.165, 1.54) is 0 Å². The molecule has 0 spiro atoms. The number of hydrogen-bond donors (Lipinski definition) is 2. The minimum absolute atomic E-state index is 0.0263. The number of nitrogens with one attached hydrogen (secondary N) is 1. The second-order valence-electron chi connectivity index (χ2n) is 5.67. The first-order valence-electron chi connectivity index (χ1n) is 7.97. The summed E-state index contributed by atoms with van der Waals surface area (Å²) in [7, 11) is 0. The van der Waals surface area contributed by atoms with E-state index in [-0.39, 0.29) is 23.0 Å². The van der Waals surface area contributed by atoms with Gasteiger partial charge >= 0.3 is 5.97 Å². The van der Waals surface area contributed by atoms with Crippen molar-refractivity contribution in [3.63, 3.8) is 0 Å². The largest absolute Gasteiger partial charge is 0.477 e. The van der Waals surface area contributed by atoms with Gasteiger partial charge in [0, 0.05) is 31.6 Å². The van der Waals surface area contributed by atoms with Gasteiger partial charge in [-0.1, -0.05) is 35.5 Å². The van der Waals surface area contributed by atoms with Crippen molar-refractivity contribution in [1.29, 1.82) is 0 Å². The molecule has 1 saturated heterocycles. The standard InChI is InChI=1S/C17H19N3O4/c21-13-8-4-10-20(13)11-5-9-18-16-14(17(22)23)15(24-19-16)12-6-2-1-3-7-12/h1-3,6-7H,4-5,8-11H2,(H,18,19)(H,22,23). The van der Waals surface area contributed by atoms with Crippen LogP contribution in [0.3, 0.4) is 0 Å². The number of carboxylic acids is 1. The van der Waals surface area contributed by atoms with E-state index in [2.05, 4.69) is 10.5 Å². The highest BCUT2D eigenvalue weighted by molar-refractivity contribution is 5.99. The first-order chi connectivity index (χ1) is 11.7. The molecule has 0 unspecified atom stereocenters. The average Bonchev–Trinajstić information content (AvgIpc) is 3.19. The van der Waals surface area contributed by atoms with Crippen molar-refractivity contribution in [2.24, 2.45) is 0 Å². The van der Waals surface area contributed by atoms with Crippen LogP contribution in [0.1, 0.15) is 29.6 Å². The molecule has 0 saturated carbocycles. The van der Waals surface area contributed by atoms with Gasteiger partial charge in [0.2, 0.25) is 5.91 Å². The van der Waals surface area contributed by atoms with Gasteiger partial charge in [-0.3, -0.25) is 4.79 Å². The highest BCUT2D eigenvalue weighted by Crippen LogP contribution is 2.29. The topological polar surface area (TPSA) is 95.7 Å². The molecule has 1 aromatic carbocycles. The number of aromatic carboxylic acids is 1. The van der Waals surface area contributed by atoms with Crippen LogP contribution in [0.5, 0.6) is 0 Å². The molecule has 7 heteroatoms. The van der Waals surface area contributed by atoms with Gasteiger partial charge in [0.1, 0.15) is 0 Å². The predicted molar refractivity (Wildman–Crippen MR) is 87.8 cm³/mol. The number of rotatable bonds is 7. The number of carbonyl (C=O) groups is 2. The fourth-order valence-corrected chi connectivity index (χ4v) is 2.81. The van der Waals surface area contributed by atoms with Gasteiger partial charge in [0.25, 0.3) is 0 Å². The van der Waals surface area contributed by atoms with E-state index in [0.29, 0.717) is 25.1 Å². The molecule has 126 valence electrons. The van der Waals surface area contributed by atoms with E-state index in [1.807, 2.05) is 23.1 Å². The number of anilines is 1. The fraction of sp³-hybridized carbons (Fsp3) is 0.353. The Morgan fingerprint density at radius 1 is 1.33 bits per heavy atom. The molecule has 7 nitrogen and oxygen atoms in total. The summed E-state index contributed by atoms with van der Waals surface area (Å²) in [5.74, 6) is -0.448. The first-order valence-corrected chi connectivity index (χ1v) is 7.97. The lowest BCUT2D eigenvalue weighted by molar-refractivity contribution is -0.127. The molecular weight excluding hydrogens is 310 g/mol. The molecule has 0 atom stereocenters. The van der Waals surface area contributed by atoms with Crippen molar-refractivity contribution in [2.75, 3.05) is 25.0 Å². The van der Waals surface area contributed by atoms with Gasteiger partial charge in [-0.05, 0) is 12.8 Å². The number of amides is 1. The van der Waals surface area contributed by atoms with E-state index in [0.717, 1.165) is 19.4 Å². The molecular formula is C17H19N3O4. The second kappa shape index (κ2) is 7.16. The highest BCUT2D eigenvalue weighted by Gasteiger charge is 2.24. The molecule has 0 radical (unpaired) electrons. The van der Waals surface area contributed by atoms with Gasteiger partial charge < -0.3 is 19.8 Å². The van der Waals surface area contributed by atoms with Crippen molar-refractivity contribution in [1.82, 2.24) is 10.1 Å². The minimum Gasteiger partial charge on any atom is -0.477 e. The zero-order valence-electron chi connectivity index (χ0n) is 13.2. The summed E-state index contributed by atoms with van der Waals surface area (Å²) >= 11 is 0. The monoisotopic (exact) mass is 329 g/mol. The minimum atomic E-state index is -1.09. The predicted octanol–water partition coefficient (Wildman–Crippen LogP) is 2.46. The lowest BCUT2D eigenvalue weighted by Gasteiger charge is -2.15. The third kappa shape index (κ3) is 3.40. The van der Waals surface area contributed by atoms with Crippen LogP contribution in [0.25, 0.3) is 11.3 Å². The third-order valence-electron chi connectivity index (χ3n) is 4.01. The highest BCUT2D eigenvalue weighted by atomic mass is 16.5. The average molecular weight is 329 g/mol. The van der Waals surface area contributed by atoms with Crippen LogP contribution in [0.2, 0.25) is 0 Å². The quantitative estimate of drug-likeness (QED) is 0.758. The van der Waals surface area contributed by atoms with Gasteiger partial charge in [-0.2, -0.15) is 0 Å². The van der Waals surface area contributed by atoms with Crippen LogP contribution in [-0.4, -0.2) is 46.7 Å². The van der Waals surface area contributed by atoms with E-state index < -0.39 is 5.97 Å². The maximum absolute atomic E-state index is 11.6. The van der Waals surface area contributed by atoms with Crippen LogP contribution >= 0.6 is 0 Å². The normalized spacial score (nSPS) is 14.2. The zero-order valence-corrected chi connectivity index (χ0v) is 13.2. The van der Waals surface area contributed by atoms with Crippen LogP contribution in [-0.2, 0) is 4.79 Å². The van der Waals surface area contributed by atoms with Crippen LogP contribution < -0.4 is 5.32 Å². The molecule has 1 amide bonds. The van der Waals surface area contributed by atoms with Crippen molar-refractivity contribution in [2.45, 2.75) is 19.3 Å². The molecule has 0 bridgehead atoms. The Hall–Kier alpha value is -2.83. The first kappa shape index (κ1) is 16.0. The summed E-state index contributed by atoms with van der Waals surface area (Å²) in [6.07, 6.45) is 2.26. The molecule has 1 fully saturated rings. The Bertz CT molecular complexity index is 727. The van der Waals surface area contributed by atoms with Crippen molar-refractivity contribution in [3.05, 3.63) is 35.9 Å². The SMILES string of the molecule is O=C(O)c1c(NCCCN2CCCC2=O)noc1-c1ccccc1. The van der Waals surface area contributed by atoms with E-state index in [9.17, 15) is 14.7 Å². The fourth-order valence-electron chi connectivity index (χ4n) is 2.81. The molecule has 2 heterocycles. The van der Waals surface area contributed by atoms with Gasteiger partial charge in [0.15, 0.2) is 17.1 Å². The van der Waals surface area contributed by atoms with E-state index >= 15 is 0 Å². The Morgan fingerprint density at radius 2 is 2.12 bits per heavy atom. The Kier molecular flexibility index (Phi) is 4.79. The van der Waals surface area contributed by atoms with Gasteiger partial charge in [0.05, 0.1) is 0 Å². The number of nitrogens with zero attached hydrogens (tertiary/aromatic N) is 2. The van der Waals surface area contributed by atoms with E-state index in [4.69, 9.17) is 4.52 Å². The van der Waals surface area contributed by atoms with Gasteiger partial charge in [-0.25, -0.2) is 4.79 Å². The molecule has 1 aromatic heterocycles. The summed E-state index contributed by atoms with van der Waals surface area (Å²) in [5, 5.41) is 16.3. The number of carboxylic acid groups (broad SMARTS) is 1. The number of hydrogen-bond acceptors (Lipinski definition) is 5. The lowest BCUT2D eigenvalue weighted by atomic mass is 10.1.